The Morgan fingerprint density at radius 2 is 1.83 bits per heavy atom. The molecule has 0 unspecified atom stereocenters. The Morgan fingerprint density at radius 3 is 2.39 bits per heavy atom. The van der Waals surface area contributed by atoms with Crippen molar-refractivity contribution in [2.24, 2.45) is 0 Å². The second kappa shape index (κ2) is 5.50. The molecule has 0 bridgehead atoms. The lowest BCUT2D eigenvalue weighted by Crippen LogP contribution is -2.10. The molecule has 2 heterocycles. The predicted molar refractivity (Wildman–Crippen MR) is 88.9 cm³/mol. The largest absolute Gasteiger partial charge is 0.477 e. The molecule has 0 radical (unpaired) electrons. The molecular formula is C18H19N3O2. The minimum atomic E-state index is -1.00. The molecule has 23 heavy (non-hydrogen) atoms. The first-order valence-corrected chi connectivity index (χ1v) is 7.59. The molecule has 2 aromatic heterocycles. The van der Waals surface area contributed by atoms with Crippen LogP contribution in [-0.2, 0) is 0 Å². The summed E-state index contributed by atoms with van der Waals surface area (Å²) in [6.45, 7) is 7.91. The first-order valence-electron chi connectivity index (χ1n) is 7.59. The van der Waals surface area contributed by atoms with Crippen LogP contribution in [0.15, 0.2) is 30.3 Å². The van der Waals surface area contributed by atoms with E-state index in [1.807, 2.05) is 52.0 Å². The molecule has 0 atom stereocenters. The number of carboxylic acids is 1. The van der Waals surface area contributed by atoms with Crippen molar-refractivity contribution < 1.29 is 9.90 Å². The summed E-state index contributed by atoms with van der Waals surface area (Å²) in [4.78, 5) is 16.3. The number of carbonyl (C=O) groups is 1. The van der Waals surface area contributed by atoms with Crippen molar-refractivity contribution in [3.05, 3.63) is 53.0 Å². The van der Waals surface area contributed by atoms with E-state index in [0.29, 0.717) is 5.65 Å². The number of aromatic nitrogens is 3. The van der Waals surface area contributed by atoms with Crippen molar-refractivity contribution in [3.8, 4) is 11.1 Å². The van der Waals surface area contributed by atoms with Gasteiger partial charge in [-0.25, -0.2) is 14.3 Å². The van der Waals surface area contributed by atoms with Crippen LogP contribution in [0.25, 0.3) is 16.8 Å². The summed E-state index contributed by atoms with van der Waals surface area (Å²) in [6.07, 6.45) is 0. The van der Waals surface area contributed by atoms with Gasteiger partial charge < -0.3 is 5.11 Å². The van der Waals surface area contributed by atoms with Crippen molar-refractivity contribution in [1.29, 1.82) is 0 Å². The first kappa shape index (κ1) is 15.2. The highest BCUT2D eigenvalue weighted by Gasteiger charge is 2.20. The summed E-state index contributed by atoms with van der Waals surface area (Å²) < 4.78 is 1.43. The molecule has 0 spiro atoms. The van der Waals surface area contributed by atoms with Crippen LogP contribution in [0.2, 0.25) is 0 Å². The SMILES string of the molecule is Cc1ccc(-c2c(C)nn3c(C(=O)O)cc(C(C)C)nc23)cc1. The lowest BCUT2D eigenvalue weighted by atomic mass is 10.0. The standard InChI is InChI=1S/C18H19N3O2/c1-10(2)14-9-15(18(22)23)21-17(19-14)16(12(4)20-21)13-7-5-11(3)6-8-13/h5-10H,1-4H3,(H,22,23). The van der Waals surface area contributed by atoms with Gasteiger partial charge in [0.15, 0.2) is 11.3 Å². The third kappa shape index (κ3) is 2.59. The van der Waals surface area contributed by atoms with Crippen molar-refractivity contribution in [1.82, 2.24) is 14.6 Å². The minimum absolute atomic E-state index is 0.138. The Morgan fingerprint density at radius 1 is 1.17 bits per heavy atom. The average Bonchev–Trinajstić information content (AvgIpc) is 2.82. The highest BCUT2D eigenvalue weighted by Crippen LogP contribution is 2.29. The van der Waals surface area contributed by atoms with E-state index in [-0.39, 0.29) is 11.6 Å². The van der Waals surface area contributed by atoms with Gasteiger partial charge in [-0.15, -0.1) is 0 Å². The van der Waals surface area contributed by atoms with Crippen molar-refractivity contribution >= 4 is 11.6 Å². The van der Waals surface area contributed by atoms with Crippen LogP contribution >= 0.6 is 0 Å². The Labute approximate surface area is 134 Å². The van der Waals surface area contributed by atoms with Crippen LogP contribution in [0.5, 0.6) is 0 Å². The Bertz CT molecular complexity index is 893. The van der Waals surface area contributed by atoms with Gasteiger partial charge in [0.1, 0.15) is 0 Å². The van der Waals surface area contributed by atoms with Gasteiger partial charge >= 0.3 is 5.97 Å². The maximum atomic E-state index is 11.6. The van der Waals surface area contributed by atoms with Crippen LogP contribution in [0.3, 0.4) is 0 Å². The Kier molecular flexibility index (Phi) is 3.64. The predicted octanol–water partition coefficient (Wildman–Crippen LogP) is 3.83. The molecule has 0 saturated carbocycles. The van der Waals surface area contributed by atoms with Gasteiger partial charge in [0, 0.05) is 11.3 Å². The average molecular weight is 309 g/mol. The third-order valence-corrected chi connectivity index (χ3v) is 3.93. The number of nitrogens with zero attached hydrogens (tertiary/aromatic N) is 3. The number of benzene rings is 1. The van der Waals surface area contributed by atoms with E-state index in [1.165, 1.54) is 10.1 Å². The summed E-state index contributed by atoms with van der Waals surface area (Å²) in [6, 6.07) is 9.70. The van der Waals surface area contributed by atoms with E-state index in [9.17, 15) is 9.90 Å². The maximum absolute atomic E-state index is 11.6. The fourth-order valence-corrected chi connectivity index (χ4v) is 2.65. The summed E-state index contributed by atoms with van der Waals surface area (Å²) in [5.41, 5.74) is 5.30. The van der Waals surface area contributed by atoms with Gasteiger partial charge in [0.2, 0.25) is 0 Å². The van der Waals surface area contributed by atoms with Gasteiger partial charge in [-0.1, -0.05) is 43.7 Å². The van der Waals surface area contributed by atoms with Gasteiger partial charge in [-0.05, 0) is 31.4 Å². The molecule has 1 aromatic carbocycles. The quantitative estimate of drug-likeness (QED) is 0.798. The number of aryl methyl sites for hydroxylation is 2. The summed E-state index contributed by atoms with van der Waals surface area (Å²) in [7, 11) is 0. The molecule has 118 valence electrons. The molecule has 0 saturated heterocycles. The van der Waals surface area contributed by atoms with E-state index in [2.05, 4.69) is 10.1 Å². The Hall–Kier alpha value is -2.69. The van der Waals surface area contributed by atoms with Gasteiger partial charge in [-0.2, -0.15) is 5.10 Å². The van der Waals surface area contributed by atoms with Crippen LogP contribution in [0, 0.1) is 13.8 Å². The molecule has 0 amide bonds. The van der Waals surface area contributed by atoms with Crippen molar-refractivity contribution in [2.45, 2.75) is 33.6 Å². The van der Waals surface area contributed by atoms with E-state index >= 15 is 0 Å². The number of fused-ring (bicyclic) bond motifs is 1. The zero-order valence-corrected chi connectivity index (χ0v) is 13.7. The number of carboxylic acid groups (broad SMARTS) is 1. The smallest absolute Gasteiger partial charge is 0.354 e. The summed E-state index contributed by atoms with van der Waals surface area (Å²) in [5, 5.41) is 13.9. The lowest BCUT2D eigenvalue weighted by Gasteiger charge is -2.08. The normalized spacial score (nSPS) is 11.3. The fourth-order valence-electron chi connectivity index (χ4n) is 2.65. The van der Waals surface area contributed by atoms with Crippen molar-refractivity contribution in [3.63, 3.8) is 0 Å². The van der Waals surface area contributed by atoms with Gasteiger partial charge in [0.25, 0.3) is 0 Å². The van der Waals surface area contributed by atoms with Gasteiger partial charge in [0.05, 0.1) is 5.69 Å². The zero-order chi connectivity index (χ0) is 16.7. The Balaban J connectivity index is 2.36. The third-order valence-electron chi connectivity index (χ3n) is 3.93. The minimum Gasteiger partial charge on any atom is -0.477 e. The number of hydrogen-bond acceptors (Lipinski definition) is 3. The number of aromatic carboxylic acids is 1. The van der Waals surface area contributed by atoms with Crippen LogP contribution in [-0.4, -0.2) is 25.7 Å². The first-order chi connectivity index (χ1) is 10.9. The molecule has 5 heteroatoms. The van der Waals surface area contributed by atoms with E-state index in [1.54, 1.807) is 6.07 Å². The highest BCUT2D eigenvalue weighted by molar-refractivity contribution is 5.89. The topological polar surface area (TPSA) is 67.5 Å². The zero-order valence-electron chi connectivity index (χ0n) is 13.7. The molecular weight excluding hydrogens is 290 g/mol. The summed E-state index contributed by atoms with van der Waals surface area (Å²) in [5.74, 6) is -0.864. The van der Waals surface area contributed by atoms with Crippen LogP contribution in [0.1, 0.15) is 47.2 Å². The maximum Gasteiger partial charge on any atom is 0.354 e. The van der Waals surface area contributed by atoms with Crippen molar-refractivity contribution in [2.75, 3.05) is 0 Å². The second-order valence-electron chi connectivity index (χ2n) is 6.09. The van der Waals surface area contributed by atoms with E-state index in [0.717, 1.165) is 22.5 Å². The lowest BCUT2D eigenvalue weighted by molar-refractivity contribution is 0.0687. The van der Waals surface area contributed by atoms with Crippen LogP contribution in [0.4, 0.5) is 0 Å². The van der Waals surface area contributed by atoms with Gasteiger partial charge in [-0.3, -0.25) is 0 Å². The molecule has 0 aliphatic carbocycles. The molecule has 3 aromatic rings. The fraction of sp³-hybridized carbons (Fsp3) is 0.278. The molecule has 5 nitrogen and oxygen atoms in total. The molecule has 3 rings (SSSR count). The second-order valence-corrected chi connectivity index (χ2v) is 6.09. The molecule has 0 aliphatic rings. The molecule has 0 fully saturated rings. The summed E-state index contributed by atoms with van der Waals surface area (Å²) >= 11 is 0. The number of rotatable bonds is 3. The molecule has 0 aliphatic heterocycles. The van der Waals surface area contributed by atoms with E-state index in [4.69, 9.17) is 0 Å². The molecule has 1 N–H and O–H groups in total. The highest BCUT2D eigenvalue weighted by atomic mass is 16.4. The van der Waals surface area contributed by atoms with Crippen LogP contribution < -0.4 is 0 Å². The van der Waals surface area contributed by atoms with E-state index < -0.39 is 5.97 Å². The monoisotopic (exact) mass is 309 g/mol. The number of hydrogen-bond donors (Lipinski definition) is 1.